The van der Waals surface area contributed by atoms with E-state index in [0.717, 1.165) is 15.8 Å². The van der Waals surface area contributed by atoms with Gasteiger partial charge in [0.25, 0.3) is 5.56 Å². The lowest BCUT2D eigenvalue weighted by atomic mass is 10.2. The number of benzene rings is 1. The molecular formula is C16H15ClN4O2. The summed E-state index contributed by atoms with van der Waals surface area (Å²) in [5, 5.41) is 4.21. The summed E-state index contributed by atoms with van der Waals surface area (Å²) in [7, 11) is 3.04. The first kappa shape index (κ1) is 15.3. The minimum atomic E-state index is -0.411. The van der Waals surface area contributed by atoms with E-state index in [-0.39, 0.29) is 0 Å². The number of rotatable bonds is 2. The van der Waals surface area contributed by atoms with Crippen molar-refractivity contribution in [2.24, 2.45) is 14.1 Å². The zero-order valence-corrected chi connectivity index (χ0v) is 13.7. The first-order valence-electron chi connectivity index (χ1n) is 6.98. The van der Waals surface area contributed by atoms with Gasteiger partial charge in [0.1, 0.15) is 5.39 Å². The Morgan fingerprint density at radius 1 is 1.09 bits per heavy atom. The smallest absolute Gasteiger partial charge is 0.332 e. The lowest BCUT2D eigenvalue weighted by Gasteiger charge is -2.14. The molecule has 0 aliphatic rings. The summed E-state index contributed by atoms with van der Waals surface area (Å²) in [5.74, 6) is 0. The zero-order chi connectivity index (χ0) is 16.7. The fourth-order valence-electron chi connectivity index (χ4n) is 2.48. The van der Waals surface area contributed by atoms with E-state index in [1.165, 1.54) is 11.6 Å². The average Bonchev–Trinajstić information content (AvgIpc) is 2.55. The highest BCUT2D eigenvalue weighted by atomic mass is 35.5. The van der Waals surface area contributed by atoms with Crippen LogP contribution in [0.25, 0.3) is 11.0 Å². The van der Waals surface area contributed by atoms with Gasteiger partial charge in [-0.25, -0.2) is 9.78 Å². The van der Waals surface area contributed by atoms with Crippen molar-refractivity contribution in [1.82, 2.24) is 14.1 Å². The monoisotopic (exact) mass is 330 g/mol. The Kier molecular flexibility index (Phi) is 3.69. The molecule has 0 saturated heterocycles. The van der Waals surface area contributed by atoms with Crippen molar-refractivity contribution in [1.29, 1.82) is 0 Å². The summed E-state index contributed by atoms with van der Waals surface area (Å²) in [6, 6.07) is 7.21. The SMILES string of the molecule is Cc1c(Cl)cccc1Nc1ccnc2c1c(=O)n(C)c(=O)n2C. The number of aryl methyl sites for hydroxylation is 1. The minimum Gasteiger partial charge on any atom is -0.354 e. The zero-order valence-electron chi connectivity index (χ0n) is 12.9. The van der Waals surface area contributed by atoms with Gasteiger partial charge in [-0.2, -0.15) is 0 Å². The molecular weight excluding hydrogens is 316 g/mol. The summed E-state index contributed by atoms with van der Waals surface area (Å²) in [6.45, 7) is 1.89. The first-order valence-corrected chi connectivity index (χ1v) is 7.36. The molecule has 0 fully saturated rings. The highest BCUT2D eigenvalue weighted by Crippen LogP contribution is 2.28. The van der Waals surface area contributed by atoms with Crippen LogP contribution in [-0.4, -0.2) is 14.1 Å². The topological polar surface area (TPSA) is 68.9 Å². The summed E-state index contributed by atoms with van der Waals surface area (Å²) >= 11 is 6.14. The molecule has 2 aromatic heterocycles. The van der Waals surface area contributed by atoms with Gasteiger partial charge in [0, 0.05) is 31.0 Å². The molecule has 0 atom stereocenters. The van der Waals surface area contributed by atoms with E-state index in [0.29, 0.717) is 21.7 Å². The van der Waals surface area contributed by atoms with Crippen LogP contribution in [-0.2, 0) is 14.1 Å². The van der Waals surface area contributed by atoms with Crippen LogP contribution in [0.4, 0.5) is 11.4 Å². The Balaban J connectivity index is 2.29. The van der Waals surface area contributed by atoms with E-state index in [1.807, 2.05) is 19.1 Å². The quantitative estimate of drug-likeness (QED) is 0.783. The van der Waals surface area contributed by atoms with E-state index in [2.05, 4.69) is 10.3 Å². The Labute approximate surface area is 137 Å². The van der Waals surface area contributed by atoms with Crippen molar-refractivity contribution in [3.8, 4) is 0 Å². The fourth-order valence-corrected chi connectivity index (χ4v) is 2.65. The standard InChI is InChI=1S/C16H15ClN4O2/c1-9-10(17)5-4-6-11(9)19-12-7-8-18-14-13(12)15(22)21(3)16(23)20(14)2/h4-8H,1-3H3,(H,18,19). The Morgan fingerprint density at radius 2 is 1.83 bits per heavy atom. The van der Waals surface area contributed by atoms with E-state index >= 15 is 0 Å². The van der Waals surface area contributed by atoms with Gasteiger partial charge in [-0.15, -0.1) is 0 Å². The number of hydrogen-bond acceptors (Lipinski definition) is 4. The average molecular weight is 331 g/mol. The van der Waals surface area contributed by atoms with Gasteiger partial charge in [-0.1, -0.05) is 17.7 Å². The number of halogens is 1. The van der Waals surface area contributed by atoms with Crippen LogP contribution >= 0.6 is 11.6 Å². The molecule has 7 heteroatoms. The van der Waals surface area contributed by atoms with E-state index < -0.39 is 11.2 Å². The highest BCUT2D eigenvalue weighted by molar-refractivity contribution is 6.31. The van der Waals surface area contributed by atoms with Crippen molar-refractivity contribution >= 4 is 34.0 Å². The van der Waals surface area contributed by atoms with Gasteiger partial charge in [-0.05, 0) is 30.7 Å². The van der Waals surface area contributed by atoms with Gasteiger partial charge >= 0.3 is 5.69 Å². The number of nitrogens with one attached hydrogen (secondary N) is 1. The second-order valence-corrected chi connectivity index (χ2v) is 5.71. The number of anilines is 2. The molecule has 0 aliphatic carbocycles. The lowest BCUT2D eigenvalue weighted by molar-refractivity contribution is 0.708. The summed E-state index contributed by atoms with van der Waals surface area (Å²) < 4.78 is 2.42. The molecule has 0 saturated carbocycles. The second kappa shape index (κ2) is 5.55. The molecule has 3 aromatic rings. The molecule has 23 heavy (non-hydrogen) atoms. The van der Waals surface area contributed by atoms with Crippen LogP contribution in [0.3, 0.4) is 0 Å². The van der Waals surface area contributed by atoms with Crippen LogP contribution in [0.2, 0.25) is 5.02 Å². The lowest BCUT2D eigenvalue weighted by Crippen LogP contribution is -2.37. The third-order valence-corrected chi connectivity index (χ3v) is 4.29. The van der Waals surface area contributed by atoms with Crippen molar-refractivity contribution in [2.75, 3.05) is 5.32 Å². The van der Waals surface area contributed by atoms with Gasteiger partial charge in [0.15, 0.2) is 5.65 Å². The molecule has 6 nitrogen and oxygen atoms in total. The maximum Gasteiger partial charge on any atom is 0.332 e. The third-order valence-electron chi connectivity index (χ3n) is 3.88. The Bertz CT molecular complexity index is 1040. The number of nitrogens with zero attached hydrogens (tertiary/aromatic N) is 3. The van der Waals surface area contributed by atoms with Gasteiger partial charge in [0.2, 0.25) is 0 Å². The van der Waals surface area contributed by atoms with Crippen molar-refractivity contribution < 1.29 is 0 Å². The summed E-state index contributed by atoms with van der Waals surface area (Å²) in [6.07, 6.45) is 1.56. The van der Waals surface area contributed by atoms with Crippen LogP contribution in [0.5, 0.6) is 0 Å². The Morgan fingerprint density at radius 3 is 2.57 bits per heavy atom. The molecule has 0 aliphatic heterocycles. The van der Waals surface area contributed by atoms with Crippen molar-refractivity contribution in [3.63, 3.8) is 0 Å². The van der Waals surface area contributed by atoms with Crippen LogP contribution in [0.1, 0.15) is 5.56 Å². The molecule has 1 aromatic carbocycles. The maximum absolute atomic E-state index is 12.5. The predicted octanol–water partition coefficient (Wildman–Crippen LogP) is 2.34. The molecule has 1 N–H and O–H groups in total. The van der Waals surface area contributed by atoms with Crippen LogP contribution < -0.4 is 16.6 Å². The maximum atomic E-state index is 12.5. The second-order valence-electron chi connectivity index (χ2n) is 5.30. The molecule has 0 spiro atoms. The summed E-state index contributed by atoms with van der Waals surface area (Å²) in [5.41, 5.74) is 1.78. The van der Waals surface area contributed by atoms with Crippen LogP contribution in [0, 0.1) is 6.92 Å². The predicted molar refractivity (Wildman–Crippen MR) is 91.7 cm³/mol. The minimum absolute atomic E-state index is 0.336. The largest absolute Gasteiger partial charge is 0.354 e. The fraction of sp³-hybridized carbons (Fsp3) is 0.188. The number of fused-ring (bicyclic) bond motifs is 1. The number of hydrogen-bond donors (Lipinski definition) is 1. The number of aromatic nitrogens is 3. The van der Waals surface area contributed by atoms with Crippen molar-refractivity contribution in [2.45, 2.75) is 6.92 Å². The first-order chi connectivity index (χ1) is 10.9. The summed E-state index contributed by atoms with van der Waals surface area (Å²) in [4.78, 5) is 28.7. The highest BCUT2D eigenvalue weighted by Gasteiger charge is 2.14. The molecule has 0 unspecified atom stereocenters. The number of pyridine rings is 1. The van der Waals surface area contributed by atoms with E-state index in [4.69, 9.17) is 11.6 Å². The molecule has 0 radical (unpaired) electrons. The van der Waals surface area contributed by atoms with Gasteiger partial charge < -0.3 is 5.32 Å². The van der Waals surface area contributed by atoms with Gasteiger partial charge in [-0.3, -0.25) is 13.9 Å². The van der Waals surface area contributed by atoms with Crippen LogP contribution in [0.15, 0.2) is 40.1 Å². The van der Waals surface area contributed by atoms with E-state index in [1.54, 1.807) is 25.4 Å². The Hall–Kier alpha value is -2.60. The normalized spacial score (nSPS) is 11.0. The van der Waals surface area contributed by atoms with Crippen molar-refractivity contribution in [3.05, 3.63) is 61.9 Å². The molecule has 0 bridgehead atoms. The molecule has 0 amide bonds. The third kappa shape index (κ3) is 2.41. The van der Waals surface area contributed by atoms with E-state index in [9.17, 15) is 9.59 Å². The molecule has 2 heterocycles. The molecule has 118 valence electrons. The van der Waals surface area contributed by atoms with Gasteiger partial charge in [0.05, 0.1) is 5.69 Å². The molecule has 3 rings (SSSR count).